The second kappa shape index (κ2) is 3.55. The molecule has 1 heterocycles. The van der Waals surface area contributed by atoms with Crippen LogP contribution in [0.2, 0.25) is 0 Å². The van der Waals surface area contributed by atoms with E-state index in [2.05, 4.69) is 50.7 Å². The molecule has 0 fully saturated rings. The van der Waals surface area contributed by atoms with Crippen LogP contribution in [-0.2, 0) is 0 Å². The van der Waals surface area contributed by atoms with E-state index >= 15 is 0 Å². The van der Waals surface area contributed by atoms with Crippen molar-refractivity contribution >= 4 is 0 Å². The number of hydrogen-bond acceptors (Lipinski definition) is 3. The Balaban J connectivity index is 2.98. The van der Waals surface area contributed by atoms with Crippen molar-refractivity contribution in [1.29, 1.82) is 0 Å². The highest BCUT2D eigenvalue weighted by molar-refractivity contribution is 5.17. The number of allylic oxidation sites excluding steroid dienone is 1. The molecule has 0 radical (unpaired) electrons. The SMILES string of the molecule is CC(C)N1C(C(C)(C)C)=CC(N)N1C. The van der Waals surface area contributed by atoms with Gasteiger partial charge in [-0.1, -0.05) is 20.8 Å². The zero-order valence-corrected chi connectivity index (χ0v) is 10.2. The van der Waals surface area contributed by atoms with Crippen LogP contribution in [0, 0.1) is 5.41 Å². The fourth-order valence-electron chi connectivity index (χ4n) is 1.90. The van der Waals surface area contributed by atoms with E-state index in [0.717, 1.165) is 0 Å². The predicted octanol–water partition coefficient (Wildman–Crippen LogP) is 1.77. The molecule has 1 rings (SSSR count). The fraction of sp³-hybridized carbons (Fsp3) is 0.818. The van der Waals surface area contributed by atoms with Crippen LogP contribution in [0.3, 0.4) is 0 Å². The van der Waals surface area contributed by atoms with Crippen molar-refractivity contribution in [3.8, 4) is 0 Å². The molecule has 82 valence electrons. The highest BCUT2D eigenvalue weighted by Gasteiger charge is 2.34. The van der Waals surface area contributed by atoms with Gasteiger partial charge in [-0.25, -0.2) is 5.01 Å². The van der Waals surface area contributed by atoms with E-state index in [9.17, 15) is 0 Å². The lowest BCUT2D eigenvalue weighted by Crippen LogP contribution is -2.47. The molecule has 1 atom stereocenters. The Bertz CT molecular complexity index is 237. The Kier molecular flexibility index (Phi) is 2.93. The number of hydrazine groups is 1. The number of rotatable bonds is 1. The first kappa shape index (κ1) is 11.5. The Morgan fingerprint density at radius 2 is 1.86 bits per heavy atom. The van der Waals surface area contributed by atoms with Crippen molar-refractivity contribution in [3.63, 3.8) is 0 Å². The van der Waals surface area contributed by atoms with Crippen LogP contribution in [0.25, 0.3) is 0 Å². The summed E-state index contributed by atoms with van der Waals surface area (Å²) in [6.07, 6.45) is 2.17. The van der Waals surface area contributed by atoms with E-state index in [1.165, 1.54) is 5.70 Å². The molecule has 14 heavy (non-hydrogen) atoms. The second-order valence-electron chi connectivity index (χ2n) is 5.30. The predicted molar refractivity (Wildman–Crippen MR) is 60.3 cm³/mol. The summed E-state index contributed by atoms with van der Waals surface area (Å²) >= 11 is 0. The third-order valence-corrected chi connectivity index (χ3v) is 2.60. The first-order valence-corrected chi connectivity index (χ1v) is 5.25. The molecule has 1 unspecified atom stereocenters. The zero-order chi connectivity index (χ0) is 11.1. The molecule has 0 aromatic heterocycles. The Morgan fingerprint density at radius 1 is 1.36 bits per heavy atom. The molecular formula is C11H23N3. The summed E-state index contributed by atoms with van der Waals surface area (Å²) in [5.41, 5.74) is 7.48. The summed E-state index contributed by atoms with van der Waals surface area (Å²) in [7, 11) is 2.04. The van der Waals surface area contributed by atoms with Crippen LogP contribution in [-0.4, -0.2) is 29.3 Å². The van der Waals surface area contributed by atoms with Crippen LogP contribution in [0.5, 0.6) is 0 Å². The van der Waals surface area contributed by atoms with Crippen LogP contribution < -0.4 is 5.73 Å². The molecule has 1 aliphatic rings. The maximum Gasteiger partial charge on any atom is 0.0962 e. The smallest absolute Gasteiger partial charge is 0.0962 e. The van der Waals surface area contributed by atoms with Gasteiger partial charge in [0.15, 0.2) is 0 Å². The lowest BCUT2D eigenvalue weighted by atomic mass is 9.91. The van der Waals surface area contributed by atoms with Crippen molar-refractivity contribution in [2.24, 2.45) is 11.1 Å². The van der Waals surface area contributed by atoms with Crippen molar-refractivity contribution < 1.29 is 0 Å². The van der Waals surface area contributed by atoms with Crippen LogP contribution in [0.1, 0.15) is 34.6 Å². The van der Waals surface area contributed by atoms with Gasteiger partial charge in [0.05, 0.1) is 6.17 Å². The molecule has 0 amide bonds. The van der Waals surface area contributed by atoms with E-state index in [1.54, 1.807) is 0 Å². The second-order valence-corrected chi connectivity index (χ2v) is 5.30. The van der Waals surface area contributed by atoms with Gasteiger partial charge in [0, 0.05) is 24.2 Å². The van der Waals surface area contributed by atoms with Crippen LogP contribution in [0.4, 0.5) is 0 Å². The highest BCUT2D eigenvalue weighted by atomic mass is 15.7. The highest BCUT2D eigenvalue weighted by Crippen LogP contribution is 2.34. The number of nitrogens with two attached hydrogens (primary N) is 1. The molecule has 1 aliphatic heterocycles. The third kappa shape index (κ3) is 1.93. The van der Waals surface area contributed by atoms with E-state index in [-0.39, 0.29) is 11.6 Å². The molecular weight excluding hydrogens is 174 g/mol. The number of likely N-dealkylation sites (N-methyl/N-ethyl adjacent to an activating group) is 1. The van der Waals surface area contributed by atoms with Crippen LogP contribution in [0.15, 0.2) is 11.8 Å². The number of nitrogens with zero attached hydrogens (tertiary/aromatic N) is 2. The van der Waals surface area contributed by atoms with Crippen molar-refractivity contribution in [3.05, 3.63) is 11.8 Å². The van der Waals surface area contributed by atoms with Crippen molar-refractivity contribution in [1.82, 2.24) is 10.0 Å². The summed E-state index contributed by atoms with van der Waals surface area (Å²) in [5.74, 6) is 0. The van der Waals surface area contributed by atoms with Gasteiger partial charge in [0.25, 0.3) is 0 Å². The molecule has 3 heteroatoms. The van der Waals surface area contributed by atoms with Crippen molar-refractivity contribution in [2.75, 3.05) is 7.05 Å². The lowest BCUT2D eigenvalue weighted by molar-refractivity contribution is -0.00583. The first-order chi connectivity index (χ1) is 6.25. The maximum atomic E-state index is 6.00. The summed E-state index contributed by atoms with van der Waals surface area (Å²) in [4.78, 5) is 0. The van der Waals surface area contributed by atoms with Crippen molar-refractivity contribution in [2.45, 2.75) is 46.8 Å². The summed E-state index contributed by atoms with van der Waals surface area (Å²) in [6.45, 7) is 11.0. The molecule has 0 bridgehead atoms. The minimum absolute atomic E-state index is 0.0200. The average molecular weight is 197 g/mol. The van der Waals surface area contributed by atoms with Crippen LogP contribution >= 0.6 is 0 Å². The van der Waals surface area contributed by atoms with Gasteiger partial charge in [0.2, 0.25) is 0 Å². The summed E-state index contributed by atoms with van der Waals surface area (Å²) < 4.78 is 0. The minimum Gasteiger partial charge on any atom is -0.311 e. The molecule has 0 aromatic carbocycles. The summed E-state index contributed by atoms with van der Waals surface area (Å²) in [6, 6.07) is 0.457. The molecule has 0 spiro atoms. The molecule has 0 aromatic rings. The quantitative estimate of drug-likeness (QED) is 0.695. The largest absolute Gasteiger partial charge is 0.311 e. The van der Waals surface area contributed by atoms with E-state index < -0.39 is 0 Å². The minimum atomic E-state index is 0.0200. The standard InChI is InChI=1S/C11H23N3/c1-8(2)14-9(11(3,4)5)7-10(12)13(14)6/h7-8,10H,12H2,1-6H3. The molecule has 0 saturated carbocycles. The van der Waals surface area contributed by atoms with E-state index in [0.29, 0.717) is 6.04 Å². The Hall–Kier alpha value is -0.540. The first-order valence-electron chi connectivity index (χ1n) is 5.25. The average Bonchev–Trinajstić information content (AvgIpc) is 2.27. The molecule has 0 aliphatic carbocycles. The van der Waals surface area contributed by atoms with Gasteiger partial charge in [-0.3, -0.25) is 0 Å². The molecule has 0 saturated heterocycles. The lowest BCUT2D eigenvalue weighted by Gasteiger charge is -2.39. The summed E-state index contributed by atoms with van der Waals surface area (Å²) in [5, 5.41) is 4.38. The topological polar surface area (TPSA) is 32.5 Å². The Labute approximate surface area is 87.5 Å². The van der Waals surface area contributed by atoms with Gasteiger partial charge in [-0.05, 0) is 19.9 Å². The Morgan fingerprint density at radius 3 is 2.14 bits per heavy atom. The van der Waals surface area contributed by atoms with Gasteiger partial charge in [0.1, 0.15) is 0 Å². The monoisotopic (exact) mass is 197 g/mol. The fourth-order valence-corrected chi connectivity index (χ4v) is 1.90. The third-order valence-electron chi connectivity index (χ3n) is 2.60. The number of hydrogen-bond donors (Lipinski definition) is 1. The van der Waals surface area contributed by atoms with Gasteiger partial charge in [-0.2, -0.15) is 0 Å². The van der Waals surface area contributed by atoms with E-state index in [1.807, 2.05) is 7.05 Å². The van der Waals surface area contributed by atoms with Gasteiger partial charge >= 0.3 is 0 Å². The maximum absolute atomic E-state index is 6.00. The van der Waals surface area contributed by atoms with Gasteiger partial charge in [-0.15, -0.1) is 0 Å². The molecule has 3 nitrogen and oxygen atoms in total. The molecule has 2 N–H and O–H groups in total. The zero-order valence-electron chi connectivity index (χ0n) is 10.2. The normalized spacial score (nSPS) is 24.7. The van der Waals surface area contributed by atoms with Gasteiger partial charge < -0.3 is 10.7 Å². The van der Waals surface area contributed by atoms with E-state index in [4.69, 9.17) is 5.73 Å².